The second kappa shape index (κ2) is 2.56. The highest BCUT2D eigenvalue weighted by Gasteiger charge is 2.33. The zero-order chi connectivity index (χ0) is 10.3. The van der Waals surface area contributed by atoms with E-state index in [0.29, 0.717) is 6.07 Å². The van der Waals surface area contributed by atoms with Crippen LogP contribution in [0.1, 0.15) is 5.69 Å². The maximum Gasteiger partial charge on any atom is 0.433 e. The third-order valence-corrected chi connectivity index (χ3v) is 1.57. The Labute approximate surface area is 75.4 Å². The van der Waals surface area contributed by atoms with Crippen molar-refractivity contribution in [3.8, 4) is 0 Å². The largest absolute Gasteiger partial charge is 0.433 e. The monoisotopic (exact) mass is 203 g/mol. The number of anilines is 1. The van der Waals surface area contributed by atoms with E-state index in [4.69, 9.17) is 5.73 Å². The Morgan fingerprint density at radius 2 is 2.07 bits per heavy atom. The predicted octanol–water partition coefficient (Wildman–Crippen LogP) is 0.725. The van der Waals surface area contributed by atoms with Gasteiger partial charge in [0, 0.05) is 6.07 Å². The maximum atomic E-state index is 12.2. The lowest BCUT2D eigenvalue weighted by Gasteiger charge is -2.06. The average molecular weight is 203 g/mol. The van der Waals surface area contributed by atoms with Crippen LogP contribution >= 0.6 is 0 Å². The molecular weight excluding hydrogens is 199 g/mol. The van der Waals surface area contributed by atoms with Crippen LogP contribution < -0.4 is 5.73 Å². The van der Waals surface area contributed by atoms with E-state index in [1.807, 2.05) is 0 Å². The van der Waals surface area contributed by atoms with E-state index in [0.717, 1.165) is 10.8 Å². The van der Waals surface area contributed by atoms with Gasteiger partial charge in [-0.1, -0.05) is 0 Å². The fourth-order valence-electron chi connectivity index (χ4n) is 0.980. The second-order valence-electron chi connectivity index (χ2n) is 2.54. The number of nitrogens with zero attached hydrogens (tertiary/aromatic N) is 4. The van der Waals surface area contributed by atoms with Crippen molar-refractivity contribution in [3.63, 3.8) is 0 Å². The fraction of sp³-hybridized carbons (Fsp3) is 0.167. The molecule has 2 N–H and O–H groups in total. The van der Waals surface area contributed by atoms with Crippen LogP contribution in [0.15, 0.2) is 12.4 Å². The first-order chi connectivity index (χ1) is 6.48. The molecule has 0 aliphatic heterocycles. The Bertz CT molecular complexity index is 474. The topological polar surface area (TPSA) is 69.1 Å². The van der Waals surface area contributed by atoms with Crippen molar-refractivity contribution in [1.29, 1.82) is 0 Å². The van der Waals surface area contributed by atoms with Gasteiger partial charge >= 0.3 is 6.18 Å². The van der Waals surface area contributed by atoms with Gasteiger partial charge in [0.05, 0.1) is 0 Å². The molecule has 14 heavy (non-hydrogen) atoms. The summed E-state index contributed by atoms with van der Waals surface area (Å²) in [5, 5.41) is 3.59. The molecule has 2 aromatic heterocycles. The molecule has 0 saturated carbocycles. The molecule has 0 aliphatic rings. The first-order valence-electron chi connectivity index (χ1n) is 3.52. The molecule has 2 aromatic rings. The number of hydrogen-bond donors (Lipinski definition) is 1. The fourth-order valence-corrected chi connectivity index (χ4v) is 0.980. The van der Waals surface area contributed by atoms with Gasteiger partial charge in [0.15, 0.2) is 5.69 Å². The van der Waals surface area contributed by atoms with Crippen LogP contribution in [-0.2, 0) is 6.18 Å². The Kier molecular flexibility index (Phi) is 1.60. The summed E-state index contributed by atoms with van der Waals surface area (Å²) in [7, 11) is 0. The third-order valence-electron chi connectivity index (χ3n) is 1.57. The van der Waals surface area contributed by atoms with Gasteiger partial charge in [0.25, 0.3) is 5.78 Å². The van der Waals surface area contributed by atoms with Crippen molar-refractivity contribution in [2.45, 2.75) is 6.18 Å². The number of aromatic nitrogens is 4. The third kappa shape index (κ3) is 1.24. The van der Waals surface area contributed by atoms with Gasteiger partial charge < -0.3 is 5.73 Å². The summed E-state index contributed by atoms with van der Waals surface area (Å²) < 4.78 is 37.7. The van der Waals surface area contributed by atoms with Gasteiger partial charge in [-0.2, -0.15) is 27.8 Å². The normalized spacial score (nSPS) is 12.2. The maximum absolute atomic E-state index is 12.2. The summed E-state index contributed by atoms with van der Waals surface area (Å²) in [6.07, 6.45) is -3.44. The van der Waals surface area contributed by atoms with Crippen LogP contribution in [0.5, 0.6) is 0 Å². The lowest BCUT2D eigenvalue weighted by molar-refractivity contribution is -0.141. The predicted molar refractivity (Wildman–Crippen MR) is 40.2 cm³/mol. The van der Waals surface area contributed by atoms with Gasteiger partial charge in [-0.05, 0) is 0 Å². The smallest absolute Gasteiger partial charge is 0.383 e. The molecule has 0 atom stereocenters. The van der Waals surface area contributed by atoms with Crippen molar-refractivity contribution in [1.82, 2.24) is 19.6 Å². The molecule has 2 heterocycles. The number of hydrogen-bond acceptors (Lipinski definition) is 4. The Balaban J connectivity index is 2.70. The molecular formula is C6H4F3N5. The Hall–Kier alpha value is -1.86. The highest BCUT2D eigenvalue weighted by molar-refractivity contribution is 5.41. The molecule has 0 radical (unpaired) electrons. The minimum Gasteiger partial charge on any atom is -0.383 e. The molecule has 0 bridgehead atoms. The molecule has 0 fully saturated rings. The van der Waals surface area contributed by atoms with Gasteiger partial charge in [-0.25, -0.2) is 4.98 Å². The van der Waals surface area contributed by atoms with E-state index < -0.39 is 11.9 Å². The van der Waals surface area contributed by atoms with Crippen molar-refractivity contribution < 1.29 is 13.2 Å². The van der Waals surface area contributed by atoms with Gasteiger partial charge in [-0.3, -0.25) is 0 Å². The number of alkyl halides is 3. The highest BCUT2D eigenvalue weighted by atomic mass is 19.4. The number of fused-ring (bicyclic) bond motifs is 1. The second-order valence-corrected chi connectivity index (χ2v) is 2.54. The summed E-state index contributed by atoms with van der Waals surface area (Å²) in [5.41, 5.74) is 4.24. The van der Waals surface area contributed by atoms with E-state index in [1.165, 1.54) is 0 Å². The number of rotatable bonds is 0. The number of halogens is 3. The quantitative estimate of drug-likeness (QED) is 0.685. The van der Waals surface area contributed by atoms with Crippen LogP contribution in [0.25, 0.3) is 5.78 Å². The standard InChI is InChI=1S/C6H4F3N5/c7-6(8,9)3-1-4(10)14-5(13-3)11-2-12-14/h1-2H,10H2. The van der Waals surface area contributed by atoms with Crippen LogP contribution in [-0.4, -0.2) is 19.6 Å². The molecule has 0 aliphatic carbocycles. The Morgan fingerprint density at radius 3 is 2.71 bits per heavy atom. The molecule has 2 rings (SSSR count). The SMILES string of the molecule is Nc1cc(C(F)(F)F)nc2ncnn12. The minimum atomic E-state index is -4.53. The Morgan fingerprint density at radius 1 is 1.36 bits per heavy atom. The van der Waals surface area contributed by atoms with Crippen molar-refractivity contribution in [2.24, 2.45) is 0 Å². The zero-order valence-electron chi connectivity index (χ0n) is 6.65. The molecule has 0 unspecified atom stereocenters. The van der Waals surface area contributed by atoms with Gasteiger partial charge in [-0.15, -0.1) is 0 Å². The lowest BCUT2D eigenvalue weighted by Crippen LogP contribution is -2.11. The minimum absolute atomic E-state index is 0.153. The van der Waals surface area contributed by atoms with E-state index in [2.05, 4.69) is 15.1 Å². The first-order valence-corrected chi connectivity index (χ1v) is 3.52. The molecule has 0 aromatic carbocycles. The molecule has 0 amide bonds. The molecule has 8 heteroatoms. The van der Waals surface area contributed by atoms with E-state index >= 15 is 0 Å². The van der Waals surface area contributed by atoms with E-state index in [1.54, 1.807) is 0 Å². The van der Waals surface area contributed by atoms with Crippen molar-refractivity contribution in [2.75, 3.05) is 5.73 Å². The van der Waals surface area contributed by atoms with Crippen LogP contribution in [0, 0.1) is 0 Å². The molecule has 0 saturated heterocycles. The van der Waals surface area contributed by atoms with E-state index in [-0.39, 0.29) is 11.6 Å². The van der Waals surface area contributed by atoms with Crippen LogP contribution in [0.4, 0.5) is 19.0 Å². The zero-order valence-corrected chi connectivity index (χ0v) is 6.65. The average Bonchev–Trinajstić information content (AvgIpc) is 2.50. The highest BCUT2D eigenvalue weighted by Crippen LogP contribution is 2.28. The lowest BCUT2D eigenvalue weighted by atomic mass is 10.4. The van der Waals surface area contributed by atoms with Crippen LogP contribution in [0.3, 0.4) is 0 Å². The van der Waals surface area contributed by atoms with E-state index in [9.17, 15) is 13.2 Å². The molecule has 5 nitrogen and oxygen atoms in total. The number of nitrogen functional groups attached to an aromatic ring is 1. The van der Waals surface area contributed by atoms with Gasteiger partial charge in [0.2, 0.25) is 0 Å². The molecule has 74 valence electrons. The summed E-state index contributed by atoms with van der Waals surface area (Å²) in [4.78, 5) is 6.77. The molecule has 0 spiro atoms. The van der Waals surface area contributed by atoms with Crippen molar-refractivity contribution in [3.05, 3.63) is 18.1 Å². The summed E-state index contributed by atoms with van der Waals surface area (Å²) >= 11 is 0. The first kappa shape index (κ1) is 8.73. The van der Waals surface area contributed by atoms with Crippen molar-refractivity contribution >= 4 is 11.6 Å². The number of nitrogens with two attached hydrogens (primary N) is 1. The van der Waals surface area contributed by atoms with Gasteiger partial charge in [0.1, 0.15) is 12.1 Å². The van der Waals surface area contributed by atoms with Crippen LogP contribution in [0.2, 0.25) is 0 Å². The summed E-state index contributed by atoms with van der Waals surface area (Å²) in [6, 6.07) is 0.710. The summed E-state index contributed by atoms with van der Waals surface area (Å²) in [6.45, 7) is 0. The summed E-state index contributed by atoms with van der Waals surface area (Å²) in [5.74, 6) is -0.322.